The highest BCUT2D eigenvalue weighted by Crippen LogP contribution is 2.06. The minimum absolute atomic E-state index is 0.0243. The monoisotopic (exact) mass is 188 g/mol. The van der Waals surface area contributed by atoms with Crippen LogP contribution in [-0.2, 0) is 0 Å². The molecule has 72 valence electrons. The van der Waals surface area contributed by atoms with E-state index >= 15 is 0 Å². The van der Waals surface area contributed by atoms with Crippen LogP contribution >= 0.6 is 0 Å². The van der Waals surface area contributed by atoms with Crippen LogP contribution in [0.1, 0.15) is 16.8 Å². The van der Waals surface area contributed by atoms with Crippen molar-refractivity contribution >= 4 is 5.65 Å². The molecule has 0 aliphatic rings. The molecule has 0 atom stereocenters. The second-order valence-corrected chi connectivity index (χ2v) is 3.51. The van der Waals surface area contributed by atoms with Crippen molar-refractivity contribution in [1.82, 2.24) is 9.38 Å². The number of aromatic nitrogens is 2. The van der Waals surface area contributed by atoms with Gasteiger partial charge in [-0.3, -0.25) is 9.20 Å². The zero-order valence-electron chi connectivity index (χ0n) is 8.53. The first kappa shape index (κ1) is 8.94. The molecule has 2 aromatic heterocycles. The van der Waals surface area contributed by atoms with Crippen molar-refractivity contribution in [2.45, 2.75) is 20.8 Å². The molecular weight excluding hydrogens is 176 g/mol. The number of hydrogen-bond acceptors (Lipinski definition) is 2. The molecule has 0 saturated carbocycles. The van der Waals surface area contributed by atoms with E-state index in [-0.39, 0.29) is 5.56 Å². The molecule has 0 fully saturated rings. The smallest absolute Gasteiger partial charge is 0.261 e. The van der Waals surface area contributed by atoms with E-state index in [2.05, 4.69) is 4.98 Å². The lowest BCUT2D eigenvalue weighted by Gasteiger charge is -2.05. The Labute approximate surface area is 82.0 Å². The van der Waals surface area contributed by atoms with Crippen molar-refractivity contribution in [3.8, 4) is 0 Å². The number of hydrogen-bond donors (Lipinski definition) is 0. The molecule has 0 aromatic carbocycles. The summed E-state index contributed by atoms with van der Waals surface area (Å²) in [5.41, 5.74) is 3.32. The summed E-state index contributed by atoms with van der Waals surface area (Å²) in [4.78, 5) is 16.2. The molecule has 14 heavy (non-hydrogen) atoms. The number of pyridine rings is 1. The molecule has 0 spiro atoms. The fourth-order valence-corrected chi connectivity index (χ4v) is 1.49. The van der Waals surface area contributed by atoms with Crippen LogP contribution in [0, 0.1) is 20.8 Å². The Balaban J connectivity index is 3.06. The van der Waals surface area contributed by atoms with E-state index < -0.39 is 0 Å². The van der Waals surface area contributed by atoms with E-state index in [0.29, 0.717) is 5.56 Å². The van der Waals surface area contributed by atoms with Crippen LogP contribution in [0.15, 0.2) is 23.1 Å². The number of fused-ring (bicyclic) bond motifs is 1. The topological polar surface area (TPSA) is 34.4 Å². The fourth-order valence-electron chi connectivity index (χ4n) is 1.49. The minimum Gasteiger partial charge on any atom is -0.269 e. The van der Waals surface area contributed by atoms with Gasteiger partial charge in [-0.25, -0.2) is 4.98 Å². The fraction of sp³-hybridized carbons (Fsp3) is 0.273. The van der Waals surface area contributed by atoms with Gasteiger partial charge in [-0.15, -0.1) is 0 Å². The van der Waals surface area contributed by atoms with Crippen LogP contribution in [0.25, 0.3) is 5.65 Å². The van der Waals surface area contributed by atoms with Crippen molar-refractivity contribution in [1.29, 1.82) is 0 Å². The summed E-state index contributed by atoms with van der Waals surface area (Å²) in [6.07, 6.45) is 1.75. The van der Waals surface area contributed by atoms with Gasteiger partial charge in [0, 0.05) is 17.5 Å². The second kappa shape index (κ2) is 2.94. The first-order valence-corrected chi connectivity index (χ1v) is 4.56. The zero-order valence-corrected chi connectivity index (χ0v) is 8.53. The Hall–Kier alpha value is -1.64. The summed E-state index contributed by atoms with van der Waals surface area (Å²) < 4.78 is 1.59. The first-order chi connectivity index (χ1) is 6.61. The van der Waals surface area contributed by atoms with Crippen molar-refractivity contribution in [2.75, 3.05) is 0 Å². The zero-order chi connectivity index (χ0) is 10.3. The Morgan fingerprint density at radius 3 is 2.71 bits per heavy atom. The highest BCUT2D eigenvalue weighted by Gasteiger charge is 2.05. The van der Waals surface area contributed by atoms with E-state index in [1.807, 2.05) is 26.0 Å². The van der Waals surface area contributed by atoms with Gasteiger partial charge in [0.25, 0.3) is 5.56 Å². The molecule has 2 heterocycles. The third-order valence-corrected chi connectivity index (χ3v) is 2.52. The molecule has 0 bridgehead atoms. The Bertz CT molecular complexity index is 555. The Morgan fingerprint density at radius 2 is 2.00 bits per heavy atom. The summed E-state index contributed by atoms with van der Waals surface area (Å²) >= 11 is 0. The SMILES string of the molecule is Cc1nc2c(C)cccn2c(=O)c1C. The van der Waals surface area contributed by atoms with Gasteiger partial charge in [0.1, 0.15) is 5.65 Å². The Kier molecular flexibility index (Phi) is 1.88. The van der Waals surface area contributed by atoms with Crippen LogP contribution in [-0.4, -0.2) is 9.38 Å². The van der Waals surface area contributed by atoms with E-state index in [1.165, 1.54) is 0 Å². The molecule has 0 saturated heterocycles. The quantitative estimate of drug-likeness (QED) is 0.629. The molecule has 0 radical (unpaired) electrons. The standard InChI is InChI=1S/C11H12N2O/c1-7-5-4-6-13-10(7)12-9(3)8(2)11(13)14/h4-6H,1-3H3. The largest absolute Gasteiger partial charge is 0.269 e. The van der Waals surface area contributed by atoms with Gasteiger partial charge in [-0.1, -0.05) is 6.07 Å². The summed E-state index contributed by atoms with van der Waals surface area (Å²) in [6, 6.07) is 3.82. The lowest BCUT2D eigenvalue weighted by Crippen LogP contribution is -2.19. The summed E-state index contributed by atoms with van der Waals surface area (Å²) in [7, 11) is 0. The van der Waals surface area contributed by atoms with Gasteiger partial charge in [0.2, 0.25) is 0 Å². The Morgan fingerprint density at radius 1 is 1.29 bits per heavy atom. The molecule has 0 aliphatic heterocycles. The summed E-state index contributed by atoms with van der Waals surface area (Å²) in [5, 5.41) is 0. The minimum atomic E-state index is 0.0243. The lowest BCUT2D eigenvalue weighted by molar-refractivity contribution is 0.975. The van der Waals surface area contributed by atoms with Crippen LogP contribution in [0.4, 0.5) is 0 Å². The van der Waals surface area contributed by atoms with Crippen molar-refractivity contribution in [3.63, 3.8) is 0 Å². The van der Waals surface area contributed by atoms with Gasteiger partial charge in [-0.2, -0.15) is 0 Å². The average molecular weight is 188 g/mol. The van der Waals surface area contributed by atoms with Gasteiger partial charge < -0.3 is 0 Å². The van der Waals surface area contributed by atoms with Gasteiger partial charge in [0.05, 0.1) is 0 Å². The lowest BCUT2D eigenvalue weighted by atomic mass is 10.2. The van der Waals surface area contributed by atoms with E-state index in [1.54, 1.807) is 17.5 Å². The molecule has 3 nitrogen and oxygen atoms in total. The number of rotatable bonds is 0. The maximum Gasteiger partial charge on any atom is 0.261 e. The van der Waals surface area contributed by atoms with Gasteiger partial charge in [0.15, 0.2) is 0 Å². The van der Waals surface area contributed by atoms with Crippen LogP contribution < -0.4 is 5.56 Å². The van der Waals surface area contributed by atoms with Crippen LogP contribution in [0.3, 0.4) is 0 Å². The molecule has 0 aliphatic carbocycles. The maximum absolute atomic E-state index is 11.8. The van der Waals surface area contributed by atoms with Crippen molar-refractivity contribution in [3.05, 3.63) is 45.5 Å². The van der Waals surface area contributed by atoms with Crippen LogP contribution in [0.5, 0.6) is 0 Å². The molecule has 2 aromatic rings. The van der Waals surface area contributed by atoms with Gasteiger partial charge >= 0.3 is 0 Å². The van der Waals surface area contributed by atoms with Gasteiger partial charge in [-0.05, 0) is 32.4 Å². The van der Waals surface area contributed by atoms with E-state index in [0.717, 1.165) is 16.9 Å². The van der Waals surface area contributed by atoms with E-state index in [4.69, 9.17) is 0 Å². The molecule has 0 N–H and O–H groups in total. The predicted molar refractivity (Wildman–Crippen MR) is 55.7 cm³/mol. The average Bonchev–Trinajstić information content (AvgIpc) is 2.17. The van der Waals surface area contributed by atoms with Crippen molar-refractivity contribution < 1.29 is 0 Å². The molecular formula is C11H12N2O. The third-order valence-electron chi connectivity index (χ3n) is 2.52. The molecule has 3 heteroatoms. The summed E-state index contributed by atoms with van der Waals surface area (Å²) in [6.45, 7) is 5.62. The third kappa shape index (κ3) is 1.13. The predicted octanol–water partition coefficient (Wildman–Crippen LogP) is 1.62. The summed E-state index contributed by atoms with van der Waals surface area (Å²) in [5.74, 6) is 0. The maximum atomic E-state index is 11.8. The highest BCUT2D eigenvalue weighted by molar-refractivity contribution is 5.47. The molecule has 0 unspecified atom stereocenters. The normalized spacial score (nSPS) is 10.8. The highest BCUT2D eigenvalue weighted by atomic mass is 16.1. The first-order valence-electron chi connectivity index (χ1n) is 4.56. The van der Waals surface area contributed by atoms with Crippen molar-refractivity contribution in [2.24, 2.45) is 0 Å². The number of nitrogens with zero attached hydrogens (tertiary/aromatic N) is 2. The van der Waals surface area contributed by atoms with Crippen LogP contribution in [0.2, 0.25) is 0 Å². The second-order valence-electron chi connectivity index (χ2n) is 3.51. The molecule has 0 amide bonds. The molecule has 2 rings (SSSR count). The van der Waals surface area contributed by atoms with E-state index in [9.17, 15) is 4.79 Å². The number of aryl methyl sites for hydroxylation is 2.